The first-order valence-corrected chi connectivity index (χ1v) is 12.5. The molecule has 0 aromatic heterocycles. The van der Waals surface area contributed by atoms with Gasteiger partial charge < -0.3 is 14.8 Å². The molecule has 3 aromatic rings. The van der Waals surface area contributed by atoms with Crippen molar-refractivity contribution in [3.8, 4) is 11.5 Å². The molecule has 34 heavy (non-hydrogen) atoms. The van der Waals surface area contributed by atoms with Crippen molar-refractivity contribution >= 4 is 33.2 Å². The maximum Gasteiger partial charge on any atom is 0.264 e. The third-order valence-corrected chi connectivity index (χ3v) is 7.19. The van der Waals surface area contributed by atoms with Gasteiger partial charge in [-0.3, -0.25) is 9.10 Å². The molecule has 9 heteroatoms. The number of methoxy groups -OCH3 is 2. The summed E-state index contributed by atoms with van der Waals surface area (Å²) in [5.74, 6) is 0.910. The molecular formula is C25H27ClN2O5S. The van der Waals surface area contributed by atoms with Crippen LogP contribution in [0.2, 0.25) is 5.02 Å². The highest BCUT2D eigenvalue weighted by Gasteiger charge is 2.27. The van der Waals surface area contributed by atoms with Gasteiger partial charge in [0.25, 0.3) is 10.0 Å². The second kappa shape index (κ2) is 11.8. The first kappa shape index (κ1) is 25.4. The van der Waals surface area contributed by atoms with E-state index in [2.05, 4.69) is 5.32 Å². The second-order valence-corrected chi connectivity index (χ2v) is 9.77. The number of hydrogen-bond acceptors (Lipinski definition) is 5. The number of halogens is 1. The molecule has 3 rings (SSSR count). The van der Waals surface area contributed by atoms with E-state index in [9.17, 15) is 13.2 Å². The lowest BCUT2D eigenvalue weighted by Crippen LogP contribution is -2.41. The Balaban J connectivity index is 1.69. The fraction of sp³-hybridized carbons (Fsp3) is 0.240. The largest absolute Gasteiger partial charge is 0.497 e. The number of nitrogens with zero attached hydrogens (tertiary/aromatic N) is 1. The van der Waals surface area contributed by atoms with Crippen LogP contribution in [0.4, 0.5) is 5.69 Å². The molecule has 0 aliphatic carbocycles. The van der Waals surface area contributed by atoms with Crippen LogP contribution in [0.1, 0.15) is 12.0 Å². The molecule has 0 heterocycles. The van der Waals surface area contributed by atoms with Crippen molar-refractivity contribution in [2.75, 3.05) is 31.6 Å². The monoisotopic (exact) mass is 502 g/mol. The quantitative estimate of drug-likeness (QED) is 0.395. The molecule has 0 atom stereocenters. The summed E-state index contributed by atoms with van der Waals surface area (Å²) < 4.78 is 38.2. The topological polar surface area (TPSA) is 84.9 Å². The van der Waals surface area contributed by atoms with E-state index >= 15 is 0 Å². The van der Waals surface area contributed by atoms with Crippen LogP contribution in [0.25, 0.3) is 0 Å². The summed E-state index contributed by atoms with van der Waals surface area (Å²) in [6.07, 6.45) is 1.45. The van der Waals surface area contributed by atoms with E-state index in [0.29, 0.717) is 29.4 Å². The first-order valence-electron chi connectivity index (χ1n) is 10.7. The first-order chi connectivity index (χ1) is 16.3. The molecule has 1 amide bonds. The predicted molar refractivity (Wildman–Crippen MR) is 133 cm³/mol. The molecular weight excluding hydrogens is 476 g/mol. The summed E-state index contributed by atoms with van der Waals surface area (Å²) in [5.41, 5.74) is 1.44. The summed E-state index contributed by atoms with van der Waals surface area (Å²) in [5, 5.41) is 3.28. The van der Waals surface area contributed by atoms with Crippen molar-refractivity contribution in [2.24, 2.45) is 0 Å². The summed E-state index contributed by atoms with van der Waals surface area (Å²) in [4.78, 5) is 12.8. The van der Waals surface area contributed by atoms with E-state index in [1.54, 1.807) is 43.5 Å². The summed E-state index contributed by atoms with van der Waals surface area (Å²) in [6, 6.07) is 20.1. The number of ether oxygens (including phenoxy) is 2. The van der Waals surface area contributed by atoms with Gasteiger partial charge in [-0.15, -0.1) is 0 Å². The van der Waals surface area contributed by atoms with E-state index in [-0.39, 0.29) is 11.4 Å². The van der Waals surface area contributed by atoms with Crippen LogP contribution in [0.3, 0.4) is 0 Å². The Morgan fingerprint density at radius 1 is 0.941 bits per heavy atom. The van der Waals surface area contributed by atoms with Gasteiger partial charge in [0.15, 0.2) is 0 Å². The lowest BCUT2D eigenvalue weighted by Gasteiger charge is -2.24. The minimum atomic E-state index is -4.01. The Kier molecular flexibility index (Phi) is 8.79. The van der Waals surface area contributed by atoms with E-state index < -0.39 is 15.9 Å². The van der Waals surface area contributed by atoms with Gasteiger partial charge in [0.05, 0.1) is 24.8 Å². The standard InChI is InChI=1S/C25H27ClN2O5S/c1-32-22-12-14-24(15-13-22)34(30,31)28(21-10-8-20(26)9-11-21)18-25(29)27-16-4-6-19-5-3-7-23(17-19)33-2/h3,5,7-15,17H,4,6,16,18H2,1-2H3,(H,27,29). The van der Waals surface area contributed by atoms with Crippen molar-refractivity contribution < 1.29 is 22.7 Å². The molecule has 0 bridgehead atoms. The smallest absolute Gasteiger partial charge is 0.264 e. The van der Waals surface area contributed by atoms with Gasteiger partial charge in [-0.25, -0.2) is 8.42 Å². The van der Waals surface area contributed by atoms with Crippen molar-refractivity contribution in [3.05, 3.63) is 83.4 Å². The molecule has 0 aliphatic rings. The molecule has 1 N–H and O–H groups in total. The van der Waals surface area contributed by atoms with Crippen molar-refractivity contribution in [3.63, 3.8) is 0 Å². The van der Waals surface area contributed by atoms with Crippen molar-refractivity contribution in [2.45, 2.75) is 17.7 Å². The van der Waals surface area contributed by atoms with E-state index in [0.717, 1.165) is 22.0 Å². The highest BCUT2D eigenvalue weighted by atomic mass is 35.5. The van der Waals surface area contributed by atoms with Crippen LogP contribution >= 0.6 is 11.6 Å². The second-order valence-electron chi connectivity index (χ2n) is 7.47. The third-order valence-electron chi connectivity index (χ3n) is 5.15. The van der Waals surface area contributed by atoms with Gasteiger partial charge in [-0.2, -0.15) is 0 Å². The van der Waals surface area contributed by atoms with Gasteiger partial charge in [0.2, 0.25) is 5.91 Å². The number of sulfonamides is 1. The van der Waals surface area contributed by atoms with Gasteiger partial charge in [0.1, 0.15) is 18.0 Å². The Bertz CT molecular complexity index is 1200. The lowest BCUT2D eigenvalue weighted by atomic mass is 10.1. The van der Waals surface area contributed by atoms with Crippen LogP contribution in [-0.4, -0.2) is 41.6 Å². The van der Waals surface area contributed by atoms with Gasteiger partial charge in [-0.1, -0.05) is 23.7 Å². The van der Waals surface area contributed by atoms with Gasteiger partial charge in [-0.05, 0) is 79.1 Å². The molecule has 3 aromatic carbocycles. The number of hydrogen-bond donors (Lipinski definition) is 1. The lowest BCUT2D eigenvalue weighted by molar-refractivity contribution is -0.119. The maximum absolute atomic E-state index is 13.4. The number of carbonyl (C=O) groups is 1. The SMILES string of the molecule is COc1ccc(S(=O)(=O)N(CC(=O)NCCCc2cccc(OC)c2)c2ccc(Cl)cc2)cc1. The van der Waals surface area contributed by atoms with E-state index in [1.807, 2.05) is 24.3 Å². The number of carbonyl (C=O) groups excluding carboxylic acids is 1. The number of benzene rings is 3. The van der Waals surface area contributed by atoms with Crippen molar-refractivity contribution in [1.29, 1.82) is 0 Å². The zero-order chi connectivity index (χ0) is 24.6. The fourth-order valence-electron chi connectivity index (χ4n) is 3.33. The zero-order valence-corrected chi connectivity index (χ0v) is 20.6. The fourth-order valence-corrected chi connectivity index (χ4v) is 4.88. The van der Waals surface area contributed by atoms with Crippen LogP contribution in [-0.2, 0) is 21.2 Å². The van der Waals surface area contributed by atoms with Crippen LogP contribution < -0.4 is 19.1 Å². The molecule has 0 radical (unpaired) electrons. The molecule has 0 unspecified atom stereocenters. The van der Waals surface area contributed by atoms with E-state index in [4.69, 9.17) is 21.1 Å². The Hall–Kier alpha value is -3.23. The summed E-state index contributed by atoms with van der Waals surface area (Å²) in [7, 11) is -0.889. The zero-order valence-electron chi connectivity index (χ0n) is 19.0. The maximum atomic E-state index is 13.4. The molecule has 0 fully saturated rings. The highest BCUT2D eigenvalue weighted by molar-refractivity contribution is 7.92. The van der Waals surface area contributed by atoms with Crippen LogP contribution in [0, 0.1) is 0 Å². The van der Waals surface area contributed by atoms with Crippen LogP contribution in [0.5, 0.6) is 11.5 Å². The van der Waals surface area contributed by atoms with Gasteiger partial charge >= 0.3 is 0 Å². The number of nitrogens with one attached hydrogen (secondary N) is 1. The minimum Gasteiger partial charge on any atom is -0.497 e. The number of amides is 1. The van der Waals surface area contributed by atoms with Crippen molar-refractivity contribution in [1.82, 2.24) is 5.32 Å². The van der Waals surface area contributed by atoms with E-state index in [1.165, 1.54) is 19.2 Å². The molecule has 0 aliphatic heterocycles. The Morgan fingerprint density at radius 3 is 2.26 bits per heavy atom. The van der Waals surface area contributed by atoms with Gasteiger partial charge in [0, 0.05) is 11.6 Å². The van der Waals surface area contributed by atoms with Crippen LogP contribution in [0.15, 0.2) is 77.7 Å². The summed E-state index contributed by atoms with van der Waals surface area (Å²) in [6.45, 7) is 0.0439. The normalized spacial score (nSPS) is 11.0. The molecule has 0 saturated heterocycles. The highest BCUT2D eigenvalue weighted by Crippen LogP contribution is 2.26. The average Bonchev–Trinajstić information content (AvgIpc) is 2.86. The third kappa shape index (κ3) is 6.65. The Labute approximate surface area is 205 Å². The number of rotatable bonds is 11. The molecule has 0 saturated carbocycles. The molecule has 0 spiro atoms. The number of aryl methyl sites for hydroxylation is 1. The molecule has 7 nitrogen and oxygen atoms in total. The predicted octanol–water partition coefficient (Wildman–Crippen LogP) is 4.30. The average molecular weight is 503 g/mol. The number of anilines is 1. The minimum absolute atomic E-state index is 0.0501. The molecule has 180 valence electrons. The Morgan fingerprint density at radius 2 is 1.62 bits per heavy atom. The summed E-state index contributed by atoms with van der Waals surface area (Å²) >= 11 is 5.97.